The van der Waals surface area contributed by atoms with Gasteiger partial charge < -0.3 is 20.9 Å². The average Bonchev–Trinajstić information content (AvgIpc) is 2.49. The van der Waals surface area contributed by atoms with Crippen molar-refractivity contribution in [1.29, 1.82) is 0 Å². The Balaban J connectivity index is 1.96. The zero-order valence-electron chi connectivity index (χ0n) is 11.8. The summed E-state index contributed by atoms with van der Waals surface area (Å²) in [6.07, 6.45) is 0.806. The van der Waals surface area contributed by atoms with E-state index in [1.54, 1.807) is 19.2 Å². The molecule has 4 N–H and O–H groups in total. The molecule has 0 amide bonds. The summed E-state index contributed by atoms with van der Waals surface area (Å²) in [6, 6.07) is 12.5. The number of carboxylic acids is 1. The number of benzene rings is 2. The zero-order valence-corrected chi connectivity index (χ0v) is 11.8. The van der Waals surface area contributed by atoms with Gasteiger partial charge in [0.15, 0.2) is 0 Å². The lowest BCUT2D eigenvalue weighted by Crippen LogP contribution is -2.08. The number of nitrogens with two attached hydrogens (primary N) is 1. The van der Waals surface area contributed by atoms with Crippen LogP contribution in [0.5, 0.6) is 5.75 Å². The maximum Gasteiger partial charge on any atom is 0.335 e. The number of aromatic carboxylic acids is 1. The normalized spacial score (nSPS) is 10.1. The molecule has 0 aliphatic heterocycles. The molecule has 2 aromatic rings. The molecule has 0 saturated carbocycles. The molecule has 5 nitrogen and oxygen atoms in total. The van der Waals surface area contributed by atoms with Crippen molar-refractivity contribution in [2.75, 3.05) is 24.7 Å². The van der Waals surface area contributed by atoms with Gasteiger partial charge in [0.25, 0.3) is 0 Å². The molecular weight excluding hydrogens is 268 g/mol. The predicted molar refractivity (Wildman–Crippen MR) is 83.0 cm³/mol. The number of nitrogen functional groups attached to an aromatic ring is 1. The molecule has 0 spiro atoms. The lowest BCUT2D eigenvalue weighted by Gasteiger charge is -2.10. The van der Waals surface area contributed by atoms with Gasteiger partial charge in [-0.05, 0) is 42.3 Å². The number of rotatable bonds is 6. The molecule has 0 radical (unpaired) electrons. The van der Waals surface area contributed by atoms with Gasteiger partial charge in [0, 0.05) is 6.54 Å². The minimum atomic E-state index is -0.965. The van der Waals surface area contributed by atoms with Gasteiger partial charge in [-0.25, -0.2) is 4.79 Å². The SMILES string of the molecule is COc1ccc(CCNc2cc(C(=O)O)ccc2N)cc1. The average molecular weight is 286 g/mol. The molecule has 0 heterocycles. The highest BCUT2D eigenvalue weighted by atomic mass is 16.5. The Bertz CT molecular complexity index is 624. The maximum absolute atomic E-state index is 10.9. The van der Waals surface area contributed by atoms with Crippen molar-refractivity contribution in [3.8, 4) is 5.75 Å². The first-order valence-corrected chi connectivity index (χ1v) is 6.60. The van der Waals surface area contributed by atoms with Crippen LogP contribution in [0.4, 0.5) is 11.4 Å². The van der Waals surface area contributed by atoms with Crippen LogP contribution in [0, 0.1) is 0 Å². The summed E-state index contributed by atoms with van der Waals surface area (Å²) in [5, 5.41) is 12.1. The van der Waals surface area contributed by atoms with Crippen molar-refractivity contribution in [3.05, 3.63) is 53.6 Å². The van der Waals surface area contributed by atoms with E-state index in [1.807, 2.05) is 24.3 Å². The molecular formula is C16H18N2O3. The lowest BCUT2D eigenvalue weighted by molar-refractivity contribution is 0.0697. The Kier molecular flexibility index (Phi) is 4.66. The molecule has 5 heteroatoms. The quantitative estimate of drug-likeness (QED) is 0.711. The van der Waals surface area contributed by atoms with Crippen LogP contribution in [0.1, 0.15) is 15.9 Å². The fourth-order valence-corrected chi connectivity index (χ4v) is 1.98. The van der Waals surface area contributed by atoms with E-state index in [1.165, 1.54) is 6.07 Å². The first-order chi connectivity index (χ1) is 10.1. The smallest absolute Gasteiger partial charge is 0.335 e. The molecule has 2 aromatic carbocycles. The first-order valence-electron chi connectivity index (χ1n) is 6.60. The molecule has 110 valence electrons. The predicted octanol–water partition coefficient (Wildman–Crippen LogP) is 2.63. The summed E-state index contributed by atoms with van der Waals surface area (Å²) >= 11 is 0. The first kappa shape index (κ1) is 14.7. The van der Waals surface area contributed by atoms with Crippen molar-refractivity contribution >= 4 is 17.3 Å². The van der Waals surface area contributed by atoms with E-state index in [0.29, 0.717) is 17.9 Å². The van der Waals surface area contributed by atoms with Crippen LogP contribution in [0.3, 0.4) is 0 Å². The monoisotopic (exact) mass is 286 g/mol. The van der Waals surface area contributed by atoms with Gasteiger partial charge in [0.1, 0.15) is 5.75 Å². The van der Waals surface area contributed by atoms with Gasteiger partial charge in [0.05, 0.1) is 24.0 Å². The van der Waals surface area contributed by atoms with Crippen LogP contribution < -0.4 is 15.8 Å². The molecule has 0 unspecified atom stereocenters. The Morgan fingerprint density at radius 2 is 1.95 bits per heavy atom. The third-order valence-corrected chi connectivity index (χ3v) is 3.19. The number of ether oxygens (including phenoxy) is 1. The van der Waals surface area contributed by atoms with E-state index in [-0.39, 0.29) is 5.56 Å². The Morgan fingerprint density at radius 3 is 2.57 bits per heavy atom. The van der Waals surface area contributed by atoms with Gasteiger partial charge in [-0.3, -0.25) is 0 Å². The van der Waals surface area contributed by atoms with Gasteiger partial charge in [0.2, 0.25) is 0 Å². The van der Waals surface area contributed by atoms with Crippen LogP contribution in [-0.4, -0.2) is 24.7 Å². The fourth-order valence-electron chi connectivity index (χ4n) is 1.98. The Labute approximate surface area is 123 Å². The van der Waals surface area contributed by atoms with Crippen LogP contribution in [0.2, 0.25) is 0 Å². The van der Waals surface area contributed by atoms with E-state index in [2.05, 4.69) is 5.32 Å². The molecule has 0 saturated heterocycles. The highest BCUT2D eigenvalue weighted by Crippen LogP contribution is 2.20. The third-order valence-electron chi connectivity index (χ3n) is 3.19. The van der Waals surface area contributed by atoms with Gasteiger partial charge in [-0.1, -0.05) is 12.1 Å². The van der Waals surface area contributed by atoms with Crippen molar-refractivity contribution < 1.29 is 14.6 Å². The van der Waals surface area contributed by atoms with Gasteiger partial charge in [-0.2, -0.15) is 0 Å². The number of methoxy groups -OCH3 is 1. The number of anilines is 2. The van der Waals surface area contributed by atoms with Gasteiger partial charge in [-0.15, -0.1) is 0 Å². The molecule has 0 aliphatic carbocycles. The van der Waals surface area contributed by atoms with Crippen molar-refractivity contribution in [1.82, 2.24) is 0 Å². The number of hydrogen-bond acceptors (Lipinski definition) is 4. The van der Waals surface area contributed by atoms with Crippen molar-refractivity contribution in [3.63, 3.8) is 0 Å². The van der Waals surface area contributed by atoms with Crippen LogP contribution in [0.25, 0.3) is 0 Å². The highest BCUT2D eigenvalue weighted by Gasteiger charge is 2.06. The Hall–Kier alpha value is -2.69. The highest BCUT2D eigenvalue weighted by molar-refractivity contribution is 5.90. The second-order valence-electron chi connectivity index (χ2n) is 4.63. The van der Waals surface area contributed by atoms with E-state index < -0.39 is 5.97 Å². The maximum atomic E-state index is 10.9. The molecule has 2 rings (SSSR count). The summed E-state index contributed by atoms with van der Waals surface area (Å²) in [5.41, 5.74) is 8.40. The number of carboxylic acid groups (broad SMARTS) is 1. The van der Waals surface area contributed by atoms with Crippen molar-refractivity contribution in [2.45, 2.75) is 6.42 Å². The molecule has 21 heavy (non-hydrogen) atoms. The van der Waals surface area contributed by atoms with E-state index >= 15 is 0 Å². The van der Waals surface area contributed by atoms with Crippen molar-refractivity contribution in [2.24, 2.45) is 0 Å². The minimum Gasteiger partial charge on any atom is -0.497 e. The molecule has 0 aliphatic rings. The molecule has 0 atom stereocenters. The lowest BCUT2D eigenvalue weighted by atomic mass is 10.1. The van der Waals surface area contributed by atoms with Crippen LogP contribution >= 0.6 is 0 Å². The summed E-state index contributed by atoms with van der Waals surface area (Å²) in [5.74, 6) is -0.140. The Morgan fingerprint density at radius 1 is 1.24 bits per heavy atom. The van der Waals surface area contributed by atoms with Crippen LogP contribution in [-0.2, 0) is 6.42 Å². The second-order valence-corrected chi connectivity index (χ2v) is 4.63. The summed E-state index contributed by atoms with van der Waals surface area (Å²) in [6.45, 7) is 0.666. The molecule has 0 aromatic heterocycles. The largest absolute Gasteiger partial charge is 0.497 e. The summed E-state index contributed by atoms with van der Waals surface area (Å²) < 4.78 is 5.11. The molecule has 0 fully saturated rings. The topological polar surface area (TPSA) is 84.6 Å². The number of carbonyl (C=O) groups is 1. The fraction of sp³-hybridized carbons (Fsp3) is 0.188. The van der Waals surface area contributed by atoms with E-state index in [0.717, 1.165) is 17.7 Å². The van der Waals surface area contributed by atoms with E-state index in [9.17, 15) is 4.79 Å². The van der Waals surface area contributed by atoms with Crippen LogP contribution in [0.15, 0.2) is 42.5 Å². The number of hydrogen-bond donors (Lipinski definition) is 3. The summed E-state index contributed by atoms with van der Waals surface area (Å²) in [7, 11) is 1.63. The van der Waals surface area contributed by atoms with E-state index in [4.69, 9.17) is 15.6 Å². The third kappa shape index (κ3) is 3.89. The summed E-state index contributed by atoms with van der Waals surface area (Å²) in [4.78, 5) is 10.9. The number of nitrogens with one attached hydrogen (secondary N) is 1. The second kappa shape index (κ2) is 6.65. The standard InChI is InChI=1S/C16H18N2O3/c1-21-13-5-2-11(3-6-13)8-9-18-15-10-12(16(19)20)4-7-14(15)17/h2-7,10,18H,8-9,17H2,1H3,(H,19,20). The molecule has 0 bridgehead atoms. The minimum absolute atomic E-state index is 0.219. The zero-order chi connectivity index (χ0) is 15.2. The van der Waals surface area contributed by atoms with Gasteiger partial charge >= 0.3 is 5.97 Å².